The van der Waals surface area contributed by atoms with Crippen molar-refractivity contribution < 1.29 is 14.9 Å². The minimum Gasteiger partial charge on any atom is -0.266 e. The molecule has 0 aliphatic rings. The normalized spacial score (nSPS) is 10.7. The first-order valence-electron chi connectivity index (χ1n) is 3.06. The van der Waals surface area contributed by atoms with E-state index >= 15 is 0 Å². The number of hydrogen-bond donors (Lipinski definition) is 1. The van der Waals surface area contributed by atoms with Gasteiger partial charge in [0.15, 0.2) is 0 Å². The van der Waals surface area contributed by atoms with Crippen LogP contribution >= 0.6 is 0 Å². The van der Waals surface area contributed by atoms with Crippen molar-refractivity contribution in [2.75, 3.05) is 13.2 Å². The Bertz CT molecular complexity index is 60.2. The van der Waals surface area contributed by atoms with Crippen LogP contribution in [0.4, 0.5) is 0 Å². The van der Waals surface area contributed by atoms with Crippen LogP contribution in [0.15, 0.2) is 0 Å². The van der Waals surface area contributed by atoms with Crippen molar-refractivity contribution in [1.82, 2.24) is 5.39 Å². The molecule has 9 heavy (non-hydrogen) atoms. The lowest BCUT2D eigenvalue weighted by Crippen LogP contribution is -2.20. The Labute approximate surface area is 54.8 Å². The van der Waals surface area contributed by atoms with Gasteiger partial charge < -0.3 is 0 Å². The molecule has 0 aromatic heterocycles. The van der Waals surface area contributed by atoms with E-state index in [1.165, 1.54) is 0 Å². The van der Waals surface area contributed by atoms with Gasteiger partial charge in [-0.25, -0.2) is 0 Å². The third-order valence-corrected chi connectivity index (χ3v) is 0.645. The second kappa shape index (κ2) is 5.97. The second-order valence-electron chi connectivity index (χ2n) is 1.49. The summed E-state index contributed by atoms with van der Waals surface area (Å²) in [5.74, 6) is 0. The molecule has 0 radical (unpaired) electrons. The molecule has 0 aliphatic heterocycles. The lowest BCUT2D eigenvalue weighted by Gasteiger charge is -2.10. The molecule has 0 bridgehead atoms. The van der Waals surface area contributed by atoms with E-state index in [-0.39, 0.29) is 0 Å². The molecule has 0 aromatic carbocycles. The largest absolute Gasteiger partial charge is 0.266 e. The van der Waals surface area contributed by atoms with E-state index < -0.39 is 0 Å². The highest BCUT2D eigenvalue weighted by Crippen LogP contribution is 1.87. The molecule has 0 rings (SSSR count). The van der Waals surface area contributed by atoms with E-state index in [0.717, 1.165) is 6.42 Å². The van der Waals surface area contributed by atoms with E-state index in [2.05, 4.69) is 9.68 Å². The Morgan fingerprint density at radius 2 is 2.00 bits per heavy atom. The molecule has 0 saturated carbocycles. The van der Waals surface area contributed by atoms with Crippen LogP contribution in [0.1, 0.15) is 20.3 Å². The van der Waals surface area contributed by atoms with Crippen molar-refractivity contribution in [3.63, 3.8) is 0 Å². The van der Waals surface area contributed by atoms with Gasteiger partial charge in [0.25, 0.3) is 0 Å². The lowest BCUT2D eigenvalue weighted by atomic mass is 10.5. The van der Waals surface area contributed by atoms with Gasteiger partial charge in [-0.2, -0.15) is 0 Å². The van der Waals surface area contributed by atoms with Crippen molar-refractivity contribution in [2.24, 2.45) is 0 Å². The fourth-order valence-corrected chi connectivity index (χ4v) is 0.317. The van der Waals surface area contributed by atoms with Crippen LogP contribution in [0.3, 0.4) is 0 Å². The van der Waals surface area contributed by atoms with Gasteiger partial charge in [0, 0.05) is 0 Å². The van der Waals surface area contributed by atoms with E-state index in [0.29, 0.717) is 18.6 Å². The molecule has 56 valence electrons. The van der Waals surface area contributed by atoms with E-state index in [4.69, 9.17) is 5.21 Å². The zero-order chi connectivity index (χ0) is 7.11. The topological polar surface area (TPSA) is 41.9 Å². The summed E-state index contributed by atoms with van der Waals surface area (Å²) < 4.78 is 0. The summed E-state index contributed by atoms with van der Waals surface area (Å²) in [6.07, 6.45) is 0.851. The Morgan fingerprint density at radius 1 is 1.33 bits per heavy atom. The van der Waals surface area contributed by atoms with Gasteiger partial charge in [0.05, 0.1) is 18.6 Å². The Kier molecular flexibility index (Phi) is 5.86. The quantitative estimate of drug-likeness (QED) is 0.570. The summed E-state index contributed by atoms with van der Waals surface area (Å²) in [5.41, 5.74) is 0. The average molecular weight is 135 g/mol. The summed E-state index contributed by atoms with van der Waals surface area (Å²) in [5, 5.41) is 8.96. The molecule has 0 unspecified atom stereocenters. The first-order valence-corrected chi connectivity index (χ1v) is 3.06. The minimum absolute atomic E-state index is 0.392. The van der Waals surface area contributed by atoms with Gasteiger partial charge in [-0.1, -0.05) is 6.92 Å². The van der Waals surface area contributed by atoms with E-state index in [1.807, 2.05) is 6.92 Å². The monoisotopic (exact) mass is 135 g/mol. The maximum absolute atomic E-state index is 8.57. The molecular formula is C5H13NO3. The van der Waals surface area contributed by atoms with E-state index in [1.54, 1.807) is 6.92 Å². The van der Waals surface area contributed by atoms with Crippen molar-refractivity contribution in [2.45, 2.75) is 20.3 Å². The van der Waals surface area contributed by atoms with Crippen LogP contribution < -0.4 is 0 Å². The first kappa shape index (κ1) is 8.84. The van der Waals surface area contributed by atoms with Crippen LogP contribution in [-0.2, 0) is 9.68 Å². The molecule has 0 spiro atoms. The van der Waals surface area contributed by atoms with Gasteiger partial charge in [-0.05, 0) is 13.3 Å². The fourth-order valence-electron chi connectivity index (χ4n) is 0.317. The molecule has 0 atom stereocenters. The highest BCUT2D eigenvalue weighted by molar-refractivity contribution is 4.15. The van der Waals surface area contributed by atoms with Crippen molar-refractivity contribution in [3.05, 3.63) is 0 Å². The second-order valence-corrected chi connectivity index (χ2v) is 1.49. The zero-order valence-electron chi connectivity index (χ0n) is 5.83. The Balaban J connectivity index is 2.95. The third-order valence-electron chi connectivity index (χ3n) is 0.645. The van der Waals surface area contributed by atoms with Crippen molar-refractivity contribution in [3.8, 4) is 0 Å². The van der Waals surface area contributed by atoms with Crippen LogP contribution in [0.2, 0.25) is 0 Å². The maximum atomic E-state index is 8.57. The Hall–Kier alpha value is -0.160. The van der Waals surface area contributed by atoms with Gasteiger partial charge in [-0.3, -0.25) is 14.9 Å². The molecular weight excluding hydrogens is 122 g/mol. The van der Waals surface area contributed by atoms with E-state index in [9.17, 15) is 0 Å². The number of rotatable bonds is 5. The highest BCUT2D eigenvalue weighted by Gasteiger charge is 1.95. The molecule has 0 aliphatic carbocycles. The molecule has 0 heterocycles. The molecule has 4 nitrogen and oxygen atoms in total. The Morgan fingerprint density at radius 3 is 2.44 bits per heavy atom. The summed E-state index contributed by atoms with van der Waals surface area (Å²) in [7, 11) is 0. The van der Waals surface area contributed by atoms with Crippen molar-refractivity contribution in [1.29, 1.82) is 0 Å². The minimum atomic E-state index is 0.392. The fraction of sp³-hybridized carbons (Fsp3) is 1.00. The highest BCUT2D eigenvalue weighted by atomic mass is 17.1. The molecule has 0 aromatic rings. The van der Waals surface area contributed by atoms with Gasteiger partial charge >= 0.3 is 0 Å². The molecule has 1 N–H and O–H groups in total. The number of nitrogens with zero attached hydrogens (tertiary/aromatic N) is 1. The lowest BCUT2D eigenvalue weighted by molar-refractivity contribution is -0.508. The van der Waals surface area contributed by atoms with Crippen LogP contribution in [0.5, 0.6) is 0 Å². The SMILES string of the molecule is CCCON(O)OCC. The van der Waals surface area contributed by atoms with Gasteiger partial charge in [0.2, 0.25) is 0 Å². The average Bonchev–Trinajstić information content (AvgIpc) is 1.85. The smallest absolute Gasteiger partial charge is 0.0739 e. The number of hydrogen-bond acceptors (Lipinski definition) is 4. The summed E-state index contributed by atoms with van der Waals surface area (Å²) in [6, 6.07) is 0. The first-order chi connectivity index (χ1) is 4.31. The molecule has 0 fully saturated rings. The van der Waals surface area contributed by atoms with Gasteiger partial charge in [0.1, 0.15) is 0 Å². The van der Waals surface area contributed by atoms with Crippen LogP contribution in [0, 0.1) is 0 Å². The van der Waals surface area contributed by atoms with Crippen molar-refractivity contribution >= 4 is 0 Å². The summed E-state index contributed by atoms with van der Waals surface area (Å²) >= 11 is 0. The predicted molar refractivity (Wildman–Crippen MR) is 31.5 cm³/mol. The van der Waals surface area contributed by atoms with Crippen LogP contribution in [0.25, 0.3) is 0 Å². The predicted octanol–water partition coefficient (Wildman–Crippen LogP) is 0.971. The van der Waals surface area contributed by atoms with Gasteiger partial charge in [-0.15, -0.1) is 0 Å². The standard InChI is InChI=1S/C5H13NO3/c1-3-5-9-6(7)8-4-2/h7H,3-5H2,1-2H3. The molecule has 0 amide bonds. The summed E-state index contributed by atoms with van der Waals surface area (Å²) in [6.45, 7) is 4.58. The molecule has 0 saturated heterocycles. The maximum Gasteiger partial charge on any atom is 0.0739 e. The zero-order valence-corrected chi connectivity index (χ0v) is 5.83. The third kappa shape index (κ3) is 5.72. The molecule has 4 heteroatoms. The van der Waals surface area contributed by atoms with Crippen LogP contribution in [-0.4, -0.2) is 23.8 Å². The summed E-state index contributed by atoms with van der Waals surface area (Å²) in [4.78, 5) is 9.11.